The van der Waals surface area contributed by atoms with Crippen LogP contribution < -0.4 is 4.74 Å². The van der Waals surface area contributed by atoms with E-state index in [2.05, 4.69) is 9.88 Å². The van der Waals surface area contributed by atoms with E-state index < -0.39 is 17.7 Å². The van der Waals surface area contributed by atoms with Crippen LogP contribution in [0.1, 0.15) is 34.1 Å². The van der Waals surface area contributed by atoms with Gasteiger partial charge in [0.25, 0.3) is 11.7 Å². The SMILES string of the molecule is COc1cccc(C2/C(=C(\O)c3c(C)[nH]c(C)c3C)C(=O)C(=O)N2CCN2CCOCC2)c1. The number of methoxy groups -OCH3 is 1. The molecule has 1 aromatic heterocycles. The number of aryl methyl sites for hydroxylation is 2. The van der Waals surface area contributed by atoms with E-state index in [1.54, 1.807) is 12.0 Å². The smallest absolute Gasteiger partial charge is 0.295 e. The molecule has 0 aliphatic carbocycles. The van der Waals surface area contributed by atoms with E-state index in [1.807, 2.05) is 45.0 Å². The van der Waals surface area contributed by atoms with Gasteiger partial charge >= 0.3 is 0 Å². The maximum atomic E-state index is 13.3. The van der Waals surface area contributed by atoms with E-state index in [-0.39, 0.29) is 11.3 Å². The highest BCUT2D eigenvalue weighted by molar-refractivity contribution is 6.46. The molecule has 1 aromatic carbocycles. The number of aromatic amines is 1. The molecule has 0 bridgehead atoms. The lowest BCUT2D eigenvalue weighted by atomic mass is 9.94. The number of rotatable bonds is 6. The highest BCUT2D eigenvalue weighted by atomic mass is 16.5. The van der Waals surface area contributed by atoms with Crippen molar-refractivity contribution in [1.82, 2.24) is 14.8 Å². The molecule has 2 aliphatic heterocycles. The summed E-state index contributed by atoms with van der Waals surface area (Å²) < 4.78 is 10.8. The van der Waals surface area contributed by atoms with Crippen LogP contribution in [-0.4, -0.2) is 78.1 Å². The number of aromatic nitrogens is 1. The van der Waals surface area contributed by atoms with Crippen molar-refractivity contribution in [2.75, 3.05) is 46.5 Å². The number of amides is 1. The molecule has 2 fully saturated rings. The van der Waals surface area contributed by atoms with Gasteiger partial charge in [-0.3, -0.25) is 14.5 Å². The Morgan fingerprint density at radius 1 is 1.15 bits per heavy atom. The van der Waals surface area contributed by atoms with Crippen molar-refractivity contribution in [2.45, 2.75) is 26.8 Å². The predicted molar refractivity (Wildman–Crippen MR) is 124 cm³/mol. The summed E-state index contributed by atoms with van der Waals surface area (Å²) in [6.45, 7) is 9.54. The van der Waals surface area contributed by atoms with Gasteiger partial charge in [-0.2, -0.15) is 0 Å². The average Bonchev–Trinajstić information content (AvgIpc) is 3.23. The number of Topliss-reactive ketones (excluding diaryl/α,β-unsaturated/α-hetero) is 1. The number of likely N-dealkylation sites (tertiary alicyclic amines) is 1. The number of benzene rings is 1. The van der Waals surface area contributed by atoms with Crippen LogP contribution in [0.25, 0.3) is 5.76 Å². The number of nitrogens with one attached hydrogen (secondary N) is 1. The van der Waals surface area contributed by atoms with Gasteiger partial charge in [0.15, 0.2) is 0 Å². The first-order valence-corrected chi connectivity index (χ1v) is 11.2. The molecule has 0 radical (unpaired) electrons. The van der Waals surface area contributed by atoms with Gasteiger partial charge in [-0.05, 0) is 44.0 Å². The summed E-state index contributed by atoms with van der Waals surface area (Å²) in [6.07, 6.45) is 0. The van der Waals surface area contributed by atoms with Gasteiger partial charge in [0.2, 0.25) is 0 Å². The third kappa shape index (κ3) is 4.28. The number of ether oxygens (including phenoxy) is 2. The molecule has 33 heavy (non-hydrogen) atoms. The number of H-pyrrole nitrogens is 1. The molecular weight excluding hydrogens is 422 g/mol. The van der Waals surface area contributed by atoms with Gasteiger partial charge in [0.1, 0.15) is 11.5 Å². The Hall–Kier alpha value is -3.10. The number of hydrogen-bond acceptors (Lipinski definition) is 6. The first-order valence-electron chi connectivity index (χ1n) is 11.2. The lowest BCUT2D eigenvalue weighted by Crippen LogP contribution is -2.42. The van der Waals surface area contributed by atoms with Gasteiger partial charge in [-0.15, -0.1) is 0 Å². The van der Waals surface area contributed by atoms with Crippen molar-refractivity contribution in [3.05, 3.63) is 57.9 Å². The number of aliphatic hydroxyl groups excluding tert-OH is 1. The molecule has 2 aromatic rings. The number of aliphatic hydroxyl groups is 1. The summed E-state index contributed by atoms with van der Waals surface area (Å²) >= 11 is 0. The maximum absolute atomic E-state index is 13.3. The maximum Gasteiger partial charge on any atom is 0.295 e. The second-order valence-corrected chi connectivity index (χ2v) is 8.60. The molecule has 4 rings (SSSR count). The molecule has 0 saturated carbocycles. The van der Waals surface area contributed by atoms with E-state index in [4.69, 9.17) is 9.47 Å². The zero-order valence-electron chi connectivity index (χ0n) is 19.6. The van der Waals surface area contributed by atoms with Gasteiger partial charge < -0.3 is 24.5 Å². The third-order valence-electron chi connectivity index (χ3n) is 6.63. The van der Waals surface area contributed by atoms with Crippen LogP contribution in [0.15, 0.2) is 29.8 Å². The van der Waals surface area contributed by atoms with Crippen molar-refractivity contribution in [1.29, 1.82) is 0 Å². The Morgan fingerprint density at radius 3 is 2.52 bits per heavy atom. The molecule has 1 atom stereocenters. The minimum absolute atomic E-state index is 0.112. The first kappa shape index (κ1) is 23.1. The van der Waals surface area contributed by atoms with Crippen LogP contribution in [0.3, 0.4) is 0 Å². The summed E-state index contributed by atoms with van der Waals surface area (Å²) in [6, 6.07) is 6.61. The number of ketones is 1. The number of morpholine rings is 1. The second kappa shape index (κ2) is 9.41. The van der Waals surface area contributed by atoms with E-state index in [9.17, 15) is 14.7 Å². The first-order chi connectivity index (χ1) is 15.8. The van der Waals surface area contributed by atoms with E-state index >= 15 is 0 Å². The standard InChI is InChI=1S/C25H31N3O5/c1-15-16(2)26-17(3)20(15)23(29)21-22(18-6-5-7-19(14-18)32-4)28(25(31)24(21)30)9-8-27-10-12-33-13-11-27/h5-7,14,22,26,29H,8-13H2,1-4H3/b23-21+. The van der Waals surface area contributed by atoms with Crippen LogP contribution in [-0.2, 0) is 14.3 Å². The lowest BCUT2D eigenvalue weighted by Gasteiger charge is -2.31. The number of nitrogens with zero attached hydrogens (tertiary/aromatic N) is 2. The summed E-state index contributed by atoms with van der Waals surface area (Å²) in [4.78, 5) is 33.5. The molecule has 8 heteroatoms. The topological polar surface area (TPSA) is 95.1 Å². The fourth-order valence-corrected chi connectivity index (χ4v) is 4.74. The summed E-state index contributed by atoms with van der Waals surface area (Å²) in [5, 5.41) is 11.4. The van der Waals surface area contributed by atoms with Gasteiger partial charge in [-0.25, -0.2) is 0 Å². The normalized spacial score (nSPS) is 21.1. The zero-order valence-corrected chi connectivity index (χ0v) is 19.6. The Labute approximate surface area is 193 Å². The minimum atomic E-state index is -0.699. The second-order valence-electron chi connectivity index (χ2n) is 8.60. The largest absolute Gasteiger partial charge is 0.507 e. The average molecular weight is 454 g/mol. The van der Waals surface area contributed by atoms with Gasteiger partial charge in [0, 0.05) is 43.1 Å². The fourth-order valence-electron chi connectivity index (χ4n) is 4.74. The van der Waals surface area contributed by atoms with Gasteiger partial charge in [-0.1, -0.05) is 12.1 Å². The Bertz CT molecular complexity index is 1100. The summed E-state index contributed by atoms with van der Waals surface area (Å²) in [7, 11) is 1.57. The van der Waals surface area contributed by atoms with Crippen LogP contribution in [0.4, 0.5) is 0 Å². The minimum Gasteiger partial charge on any atom is -0.507 e. The summed E-state index contributed by atoms with van der Waals surface area (Å²) in [5.74, 6) is -0.786. The molecule has 3 heterocycles. The number of carbonyl (C=O) groups excluding carboxylic acids is 2. The van der Waals surface area contributed by atoms with Crippen molar-refractivity contribution < 1.29 is 24.2 Å². The third-order valence-corrected chi connectivity index (χ3v) is 6.63. The molecule has 2 N–H and O–H groups in total. The molecule has 0 spiro atoms. The number of hydrogen-bond donors (Lipinski definition) is 2. The molecule has 1 unspecified atom stereocenters. The molecule has 1 amide bonds. The number of carbonyl (C=O) groups is 2. The van der Waals surface area contributed by atoms with Crippen molar-refractivity contribution >= 4 is 17.4 Å². The quantitative estimate of drug-likeness (QED) is 0.397. The Balaban J connectivity index is 1.79. The predicted octanol–water partition coefficient (Wildman–Crippen LogP) is 2.70. The zero-order chi connectivity index (χ0) is 23.7. The lowest BCUT2D eigenvalue weighted by molar-refractivity contribution is -0.140. The van der Waals surface area contributed by atoms with Crippen molar-refractivity contribution in [3.63, 3.8) is 0 Å². The van der Waals surface area contributed by atoms with Crippen LogP contribution in [0, 0.1) is 20.8 Å². The van der Waals surface area contributed by atoms with Crippen LogP contribution in [0.2, 0.25) is 0 Å². The Morgan fingerprint density at radius 2 is 1.88 bits per heavy atom. The summed E-state index contributed by atoms with van der Waals surface area (Å²) in [5.41, 5.74) is 3.93. The van der Waals surface area contributed by atoms with Crippen LogP contribution in [0.5, 0.6) is 5.75 Å². The van der Waals surface area contributed by atoms with Crippen LogP contribution >= 0.6 is 0 Å². The monoisotopic (exact) mass is 453 g/mol. The highest BCUT2D eigenvalue weighted by Gasteiger charge is 2.46. The molecule has 8 nitrogen and oxygen atoms in total. The van der Waals surface area contributed by atoms with E-state index in [0.29, 0.717) is 37.6 Å². The molecule has 176 valence electrons. The van der Waals surface area contributed by atoms with Gasteiger partial charge in [0.05, 0.1) is 31.9 Å². The van der Waals surface area contributed by atoms with E-state index in [0.717, 1.165) is 35.6 Å². The van der Waals surface area contributed by atoms with Crippen molar-refractivity contribution in [2.24, 2.45) is 0 Å². The molecule has 2 saturated heterocycles. The molecule has 2 aliphatic rings. The molecular formula is C25H31N3O5. The van der Waals surface area contributed by atoms with E-state index in [1.165, 1.54) is 0 Å². The fraction of sp³-hybridized carbons (Fsp3) is 0.440. The highest BCUT2D eigenvalue weighted by Crippen LogP contribution is 2.41. The van der Waals surface area contributed by atoms with Crippen molar-refractivity contribution in [3.8, 4) is 5.75 Å². The Kier molecular flexibility index (Phi) is 6.58.